The summed E-state index contributed by atoms with van der Waals surface area (Å²) < 4.78 is 0.472. The Labute approximate surface area is 217 Å². The van der Waals surface area contributed by atoms with E-state index in [0.29, 0.717) is 20.4 Å². The van der Waals surface area contributed by atoms with Crippen molar-refractivity contribution in [3.63, 3.8) is 0 Å². The van der Waals surface area contributed by atoms with E-state index in [-0.39, 0.29) is 36.9 Å². The third-order valence-electron chi connectivity index (χ3n) is 5.83. The topological polar surface area (TPSA) is 110 Å². The molecule has 2 aromatic rings. The number of carboxylic acid groups (broad SMARTS) is 1. The largest absolute Gasteiger partial charge is 0.512 e. The van der Waals surface area contributed by atoms with E-state index in [0.717, 1.165) is 22.5 Å². The Bertz CT molecular complexity index is 1340. The molecule has 0 atom stereocenters. The molecule has 1 aromatic carbocycles. The molecule has 188 valence electrons. The van der Waals surface area contributed by atoms with Crippen molar-refractivity contribution in [2.75, 3.05) is 0 Å². The number of aliphatic hydroxyl groups is 1. The number of halogens is 1. The first-order chi connectivity index (χ1) is 16.9. The van der Waals surface area contributed by atoms with E-state index in [4.69, 9.17) is 11.6 Å². The minimum atomic E-state index is -1.00. The van der Waals surface area contributed by atoms with Gasteiger partial charge < -0.3 is 20.4 Å². The van der Waals surface area contributed by atoms with Crippen molar-refractivity contribution in [1.82, 2.24) is 15.1 Å². The van der Waals surface area contributed by atoms with Crippen molar-refractivity contribution in [2.45, 2.75) is 45.8 Å². The molecular weight excluding hydrogens is 502 g/mol. The van der Waals surface area contributed by atoms with Gasteiger partial charge in [0.15, 0.2) is 0 Å². The Morgan fingerprint density at radius 2 is 1.92 bits per heavy atom. The number of nitrogens with one attached hydrogen (secondary N) is 1. The third-order valence-corrected chi connectivity index (χ3v) is 7.06. The van der Waals surface area contributed by atoms with Gasteiger partial charge in [0.25, 0.3) is 11.8 Å². The molecule has 0 saturated carbocycles. The lowest BCUT2D eigenvalue weighted by Crippen LogP contribution is -2.44. The number of hydrogen-bond donors (Lipinski definition) is 3. The molecule has 1 aromatic heterocycles. The van der Waals surface area contributed by atoms with Crippen LogP contribution in [-0.4, -0.2) is 43.5 Å². The number of nitrogens with zero attached hydrogens (tertiary/aromatic N) is 2. The van der Waals surface area contributed by atoms with Gasteiger partial charge in [-0.3, -0.25) is 14.5 Å². The maximum absolute atomic E-state index is 13.3. The van der Waals surface area contributed by atoms with Crippen LogP contribution in [0, 0.1) is 0 Å². The van der Waals surface area contributed by atoms with Crippen LogP contribution < -0.4 is 5.32 Å². The number of amides is 3. The van der Waals surface area contributed by atoms with E-state index < -0.39 is 17.5 Å². The second-order valence-electron chi connectivity index (χ2n) is 9.61. The first kappa shape index (κ1) is 25.5. The van der Waals surface area contributed by atoms with Crippen molar-refractivity contribution in [1.29, 1.82) is 0 Å². The summed E-state index contributed by atoms with van der Waals surface area (Å²) in [6.45, 7) is 5.98. The van der Waals surface area contributed by atoms with Crippen LogP contribution in [0.15, 0.2) is 71.3 Å². The Hall–Kier alpha value is -3.56. The second kappa shape index (κ2) is 9.83. The average molecular weight is 528 g/mol. The fourth-order valence-electron chi connectivity index (χ4n) is 4.13. The molecule has 2 heterocycles. The molecule has 2 aliphatic rings. The van der Waals surface area contributed by atoms with E-state index in [1.165, 1.54) is 15.9 Å². The predicted molar refractivity (Wildman–Crippen MR) is 138 cm³/mol. The number of hydrogen-bond acceptors (Lipinski definition) is 5. The number of thiophene rings is 1. The van der Waals surface area contributed by atoms with Gasteiger partial charge in [0, 0.05) is 30.8 Å². The van der Waals surface area contributed by atoms with Gasteiger partial charge >= 0.3 is 6.09 Å². The highest BCUT2D eigenvalue weighted by molar-refractivity contribution is 7.18. The minimum Gasteiger partial charge on any atom is -0.512 e. The molecule has 4 rings (SSSR count). The van der Waals surface area contributed by atoms with Crippen molar-refractivity contribution in [2.24, 2.45) is 0 Å². The lowest BCUT2D eigenvalue weighted by atomic mass is 9.96. The zero-order valence-electron chi connectivity index (χ0n) is 20.0. The first-order valence-corrected chi connectivity index (χ1v) is 12.4. The number of benzene rings is 1. The number of allylic oxidation sites excluding steroid dienone is 2. The molecule has 0 fully saturated rings. The molecule has 0 saturated heterocycles. The number of aliphatic hydroxyl groups excluding tert-OH is 1. The van der Waals surface area contributed by atoms with Crippen molar-refractivity contribution >= 4 is 40.8 Å². The molecule has 0 radical (unpaired) electrons. The summed E-state index contributed by atoms with van der Waals surface area (Å²) in [5.41, 5.74) is 2.26. The van der Waals surface area contributed by atoms with E-state index >= 15 is 0 Å². The number of carbonyl (C=O) groups is 3. The van der Waals surface area contributed by atoms with E-state index in [1.54, 1.807) is 18.3 Å². The van der Waals surface area contributed by atoms with E-state index in [2.05, 4.69) is 5.32 Å². The molecular formula is C26H26ClN3O5S. The van der Waals surface area contributed by atoms with Gasteiger partial charge in [0.2, 0.25) is 0 Å². The molecule has 0 bridgehead atoms. The fraction of sp³-hybridized carbons (Fsp3) is 0.269. The Morgan fingerprint density at radius 1 is 1.19 bits per heavy atom. The summed E-state index contributed by atoms with van der Waals surface area (Å²) in [7, 11) is 0. The first-order valence-electron chi connectivity index (χ1n) is 11.2. The average Bonchev–Trinajstić information content (AvgIpc) is 3.34. The highest BCUT2D eigenvalue weighted by atomic mass is 35.5. The summed E-state index contributed by atoms with van der Waals surface area (Å²) >= 11 is 7.05. The van der Waals surface area contributed by atoms with Crippen molar-refractivity contribution in [3.05, 3.63) is 91.6 Å². The Balaban J connectivity index is 1.54. The van der Waals surface area contributed by atoms with Crippen LogP contribution in [0.5, 0.6) is 0 Å². The van der Waals surface area contributed by atoms with Gasteiger partial charge in [-0.05, 0) is 49.6 Å². The van der Waals surface area contributed by atoms with Crippen LogP contribution in [-0.2, 0) is 17.9 Å². The van der Waals surface area contributed by atoms with Gasteiger partial charge in [-0.2, -0.15) is 0 Å². The third kappa shape index (κ3) is 5.47. The molecule has 1 aliphatic heterocycles. The van der Waals surface area contributed by atoms with Gasteiger partial charge in [-0.25, -0.2) is 4.79 Å². The zero-order valence-corrected chi connectivity index (χ0v) is 21.6. The Kier molecular flexibility index (Phi) is 6.97. The molecule has 3 N–H and O–H groups in total. The van der Waals surface area contributed by atoms with Crippen LogP contribution in [0.3, 0.4) is 0 Å². The quantitative estimate of drug-likeness (QED) is 0.463. The Morgan fingerprint density at radius 3 is 2.56 bits per heavy atom. The van der Waals surface area contributed by atoms with Gasteiger partial charge in [0.05, 0.1) is 32.8 Å². The minimum absolute atomic E-state index is 0.0390. The van der Waals surface area contributed by atoms with Crippen LogP contribution in [0.4, 0.5) is 4.79 Å². The fourth-order valence-corrected chi connectivity index (χ4v) is 5.07. The number of carbonyl (C=O) groups excluding carboxylic acids is 2. The van der Waals surface area contributed by atoms with Gasteiger partial charge in [-0.1, -0.05) is 35.9 Å². The summed E-state index contributed by atoms with van der Waals surface area (Å²) in [4.78, 5) is 41.0. The molecule has 1 aliphatic carbocycles. The predicted octanol–water partition coefficient (Wildman–Crippen LogP) is 5.44. The smallest absolute Gasteiger partial charge is 0.408 e. The molecule has 36 heavy (non-hydrogen) atoms. The maximum atomic E-state index is 13.3. The van der Waals surface area contributed by atoms with E-state index in [9.17, 15) is 24.6 Å². The standard InChI is InChI=1S/C26H26ClN3O5S/c1-26(2,3)30(25(34)35)13-16-6-4-5-15(9-16)12-29-14-17-10-18(31)11-19(22(17)24(29)33)28-23(32)20-7-8-21(27)36-20/h4-9,11,14,31H,10,12-13H2,1-3H3,(H,28,32)(H,34,35). The van der Waals surface area contributed by atoms with Gasteiger partial charge in [-0.15, -0.1) is 11.3 Å². The second-order valence-corrected chi connectivity index (χ2v) is 11.3. The number of fused-ring (bicyclic) bond motifs is 1. The SMILES string of the molecule is CC(C)(C)N(Cc1cccc(CN2C=C3CC(O)=CC(NC(=O)c4ccc(Cl)s4)=C3C2=O)c1)C(=O)O. The highest BCUT2D eigenvalue weighted by Crippen LogP contribution is 2.35. The molecule has 8 nitrogen and oxygen atoms in total. The van der Waals surface area contributed by atoms with Crippen LogP contribution in [0.2, 0.25) is 4.34 Å². The van der Waals surface area contributed by atoms with Crippen LogP contribution in [0.25, 0.3) is 0 Å². The normalized spacial score (nSPS) is 15.4. The molecule has 10 heteroatoms. The molecule has 3 amide bonds. The molecule has 0 unspecified atom stereocenters. The van der Waals surface area contributed by atoms with Crippen LogP contribution >= 0.6 is 22.9 Å². The summed E-state index contributed by atoms with van der Waals surface area (Å²) in [5, 5.41) is 22.6. The zero-order chi connectivity index (χ0) is 26.2. The highest BCUT2D eigenvalue weighted by Gasteiger charge is 2.34. The summed E-state index contributed by atoms with van der Waals surface area (Å²) in [5.74, 6) is -0.668. The number of rotatable bonds is 6. The summed E-state index contributed by atoms with van der Waals surface area (Å²) in [6.07, 6.45) is 2.26. The maximum Gasteiger partial charge on any atom is 0.408 e. The molecule has 0 spiro atoms. The van der Waals surface area contributed by atoms with Crippen molar-refractivity contribution < 1.29 is 24.6 Å². The van der Waals surface area contributed by atoms with Crippen LogP contribution in [0.1, 0.15) is 48.0 Å². The summed E-state index contributed by atoms with van der Waals surface area (Å²) in [6, 6.07) is 10.6. The van der Waals surface area contributed by atoms with Gasteiger partial charge in [0.1, 0.15) is 0 Å². The lowest BCUT2D eigenvalue weighted by molar-refractivity contribution is -0.124. The van der Waals surface area contributed by atoms with Crippen molar-refractivity contribution in [3.8, 4) is 0 Å². The van der Waals surface area contributed by atoms with E-state index in [1.807, 2.05) is 45.0 Å². The monoisotopic (exact) mass is 527 g/mol. The lowest BCUT2D eigenvalue weighted by Gasteiger charge is -2.33.